The monoisotopic (exact) mass is 319 g/mol. The smallest absolute Gasteiger partial charge is 0.323 e. The minimum absolute atomic E-state index is 0.345. The minimum Gasteiger partial charge on any atom is -0.361 e. The maximum absolute atomic E-state index is 12.0. The summed E-state index contributed by atoms with van der Waals surface area (Å²) in [4.78, 5) is 15.1. The van der Waals surface area contributed by atoms with Crippen LogP contribution in [0.2, 0.25) is 10.0 Å². The molecule has 0 aliphatic carbocycles. The van der Waals surface area contributed by atoms with Gasteiger partial charge in [0.15, 0.2) is 0 Å². The summed E-state index contributed by atoms with van der Waals surface area (Å²) in [6, 6.07) is 12.1. The van der Waals surface area contributed by atoms with Crippen molar-refractivity contribution in [2.45, 2.75) is 0 Å². The van der Waals surface area contributed by atoms with Gasteiger partial charge >= 0.3 is 6.03 Å². The fraction of sp³-hybridized carbons (Fsp3) is 0. The number of hydrogen-bond acceptors (Lipinski definition) is 1. The Morgan fingerprint density at radius 2 is 1.86 bits per heavy atom. The van der Waals surface area contributed by atoms with E-state index in [1.165, 1.54) is 0 Å². The van der Waals surface area contributed by atoms with Crippen LogP contribution in [0.3, 0.4) is 0 Å². The van der Waals surface area contributed by atoms with Crippen molar-refractivity contribution in [1.29, 1.82) is 0 Å². The molecule has 2 aromatic carbocycles. The zero-order valence-corrected chi connectivity index (χ0v) is 12.3. The lowest BCUT2D eigenvalue weighted by molar-refractivity contribution is 0.262. The van der Waals surface area contributed by atoms with E-state index in [1.54, 1.807) is 18.2 Å². The average molecular weight is 320 g/mol. The molecule has 0 radical (unpaired) electrons. The van der Waals surface area contributed by atoms with E-state index in [9.17, 15) is 4.79 Å². The largest absolute Gasteiger partial charge is 0.361 e. The first-order chi connectivity index (χ1) is 10.1. The number of urea groups is 1. The van der Waals surface area contributed by atoms with Crippen molar-refractivity contribution < 1.29 is 4.79 Å². The molecule has 0 aliphatic rings. The Morgan fingerprint density at radius 1 is 1.00 bits per heavy atom. The van der Waals surface area contributed by atoms with Crippen LogP contribution < -0.4 is 10.6 Å². The molecule has 1 aromatic heterocycles. The standard InChI is InChI=1S/C15H11Cl2N3O/c16-11-5-4-9(8-12(11)17)19-15(21)20-14-3-1-2-13-10(14)6-7-18-13/h1-8,18H,(H2,19,20,21). The maximum atomic E-state index is 12.0. The van der Waals surface area contributed by atoms with Crippen molar-refractivity contribution in [1.82, 2.24) is 4.98 Å². The van der Waals surface area contributed by atoms with Crippen LogP contribution in [-0.4, -0.2) is 11.0 Å². The van der Waals surface area contributed by atoms with Crippen molar-refractivity contribution in [3.63, 3.8) is 0 Å². The maximum Gasteiger partial charge on any atom is 0.323 e. The summed E-state index contributed by atoms with van der Waals surface area (Å²) in [5, 5.41) is 7.30. The van der Waals surface area contributed by atoms with Crippen molar-refractivity contribution in [2.75, 3.05) is 10.6 Å². The molecule has 2 amide bonds. The fourth-order valence-corrected chi connectivity index (χ4v) is 2.35. The van der Waals surface area contributed by atoms with Crippen molar-refractivity contribution in [3.05, 3.63) is 58.7 Å². The van der Waals surface area contributed by atoms with Gasteiger partial charge in [0.25, 0.3) is 0 Å². The molecule has 0 spiro atoms. The first-order valence-electron chi connectivity index (χ1n) is 6.22. The number of nitrogens with one attached hydrogen (secondary N) is 3. The molecule has 21 heavy (non-hydrogen) atoms. The summed E-state index contributed by atoms with van der Waals surface area (Å²) < 4.78 is 0. The molecule has 0 unspecified atom stereocenters. The van der Waals surface area contributed by atoms with Crippen LogP contribution >= 0.6 is 23.2 Å². The van der Waals surface area contributed by atoms with Crippen LogP contribution in [0.5, 0.6) is 0 Å². The predicted molar refractivity (Wildman–Crippen MR) is 87.4 cm³/mol. The van der Waals surface area contributed by atoms with E-state index >= 15 is 0 Å². The van der Waals surface area contributed by atoms with E-state index in [0.717, 1.165) is 16.6 Å². The number of fused-ring (bicyclic) bond motifs is 1. The van der Waals surface area contributed by atoms with Gasteiger partial charge in [0, 0.05) is 22.8 Å². The highest BCUT2D eigenvalue weighted by Gasteiger charge is 2.07. The van der Waals surface area contributed by atoms with Gasteiger partial charge in [-0.1, -0.05) is 29.3 Å². The molecule has 3 rings (SSSR count). The molecule has 4 nitrogen and oxygen atoms in total. The highest BCUT2D eigenvalue weighted by molar-refractivity contribution is 6.42. The molecule has 6 heteroatoms. The van der Waals surface area contributed by atoms with E-state index < -0.39 is 0 Å². The number of amides is 2. The van der Waals surface area contributed by atoms with Gasteiger partial charge in [-0.15, -0.1) is 0 Å². The number of benzene rings is 2. The summed E-state index contributed by atoms with van der Waals surface area (Å²) in [5.41, 5.74) is 2.26. The Kier molecular flexibility index (Phi) is 3.73. The molecular weight excluding hydrogens is 309 g/mol. The molecule has 3 aromatic rings. The van der Waals surface area contributed by atoms with Crippen LogP contribution in [0.25, 0.3) is 10.9 Å². The third-order valence-electron chi connectivity index (χ3n) is 3.02. The summed E-state index contributed by atoms with van der Waals surface area (Å²) in [6.45, 7) is 0. The summed E-state index contributed by atoms with van der Waals surface area (Å²) in [6.07, 6.45) is 1.83. The Labute approximate surface area is 131 Å². The Bertz CT molecular complexity index is 814. The van der Waals surface area contributed by atoms with Gasteiger partial charge < -0.3 is 15.6 Å². The molecule has 0 aliphatic heterocycles. The number of hydrogen-bond donors (Lipinski definition) is 3. The Hall–Kier alpha value is -2.17. The van der Waals surface area contributed by atoms with Gasteiger partial charge in [-0.3, -0.25) is 0 Å². The van der Waals surface area contributed by atoms with Crippen molar-refractivity contribution >= 4 is 51.5 Å². The first-order valence-corrected chi connectivity index (χ1v) is 6.98. The van der Waals surface area contributed by atoms with Crippen LogP contribution in [0.4, 0.5) is 16.2 Å². The molecule has 1 heterocycles. The molecule has 0 saturated heterocycles. The van der Waals surface area contributed by atoms with Gasteiger partial charge in [-0.05, 0) is 36.4 Å². The number of halogens is 2. The van der Waals surface area contributed by atoms with Crippen molar-refractivity contribution in [3.8, 4) is 0 Å². The number of anilines is 2. The van der Waals surface area contributed by atoms with Gasteiger partial charge in [0.1, 0.15) is 0 Å². The number of carbonyl (C=O) groups is 1. The van der Waals surface area contributed by atoms with Gasteiger partial charge in [-0.2, -0.15) is 0 Å². The second-order valence-corrected chi connectivity index (χ2v) is 5.27. The lowest BCUT2D eigenvalue weighted by atomic mass is 10.2. The quantitative estimate of drug-likeness (QED) is 0.603. The Balaban J connectivity index is 1.77. The number of rotatable bonds is 2. The summed E-state index contributed by atoms with van der Waals surface area (Å²) >= 11 is 11.7. The zero-order chi connectivity index (χ0) is 14.8. The SMILES string of the molecule is O=C(Nc1ccc(Cl)c(Cl)c1)Nc1cccc2[nH]ccc12. The zero-order valence-electron chi connectivity index (χ0n) is 10.8. The van der Waals surface area contributed by atoms with E-state index in [2.05, 4.69) is 15.6 Å². The highest BCUT2D eigenvalue weighted by atomic mass is 35.5. The second-order valence-electron chi connectivity index (χ2n) is 4.45. The first kappa shape index (κ1) is 13.8. The molecule has 0 saturated carbocycles. The summed E-state index contributed by atoms with van der Waals surface area (Å²) in [5.74, 6) is 0. The van der Waals surface area contributed by atoms with Gasteiger partial charge in [-0.25, -0.2) is 4.79 Å². The van der Waals surface area contributed by atoms with Crippen LogP contribution in [0, 0.1) is 0 Å². The molecule has 3 N–H and O–H groups in total. The number of carbonyl (C=O) groups excluding carboxylic acids is 1. The van der Waals surface area contributed by atoms with Gasteiger partial charge in [0.05, 0.1) is 15.7 Å². The molecule has 0 bridgehead atoms. The average Bonchev–Trinajstić information content (AvgIpc) is 2.92. The van der Waals surface area contributed by atoms with E-state index in [4.69, 9.17) is 23.2 Å². The number of H-pyrrole nitrogens is 1. The normalized spacial score (nSPS) is 10.6. The van der Waals surface area contributed by atoms with Crippen LogP contribution in [-0.2, 0) is 0 Å². The third kappa shape index (κ3) is 2.96. The second kappa shape index (κ2) is 5.68. The lowest BCUT2D eigenvalue weighted by Crippen LogP contribution is -2.19. The lowest BCUT2D eigenvalue weighted by Gasteiger charge is -2.09. The fourth-order valence-electron chi connectivity index (χ4n) is 2.05. The molecule has 0 fully saturated rings. The molecule has 106 valence electrons. The Morgan fingerprint density at radius 3 is 2.67 bits per heavy atom. The molecular formula is C15H11Cl2N3O. The van der Waals surface area contributed by atoms with Gasteiger partial charge in [0.2, 0.25) is 0 Å². The van der Waals surface area contributed by atoms with Crippen molar-refractivity contribution in [2.24, 2.45) is 0 Å². The van der Waals surface area contributed by atoms with E-state index in [1.807, 2.05) is 30.5 Å². The number of aromatic amines is 1. The predicted octanol–water partition coefficient (Wildman–Crippen LogP) is 5.12. The molecule has 0 atom stereocenters. The van der Waals surface area contributed by atoms with E-state index in [0.29, 0.717) is 15.7 Å². The van der Waals surface area contributed by atoms with E-state index in [-0.39, 0.29) is 6.03 Å². The minimum atomic E-state index is -0.345. The summed E-state index contributed by atoms with van der Waals surface area (Å²) in [7, 11) is 0. The topological polar surface area (TPSA) is 56.9 Å². The highest BCUT2D eigenvalue weighted by Crippen LogP contribution is 2.26. The third-order valence-corrected chi connectivity index (χ3v) is 3.76. The van der Waals surface area contributed by atoms with Crippen LogP contribution in [0.1, 0.15) is 0 Å². The van der Waals surface area contributed by atoms with Crippen LogP contribution in [0.15, 0.2) is 48.7 Å². The number of aromatic nitrogens is 1.